The van der Waals surface area contributed by atoms with Crippen molar-refractivity contribution in [2.24, 2.45) is 17.6 Å². The number of amides is 1. The summed E-state index contributed by atoms with van der Waals surface area (Å²) in [7, 11) is 0. The van der Waals surface area contributed by atoms with Crippen molar-refractivity contribution in [2.45, 2.75) is 45.3 Å². The van der Waals surface area contributed by atoms with Crippen LogP contribution in [0.15, 0.2) is 0 Å². The van der Waals surface area contributed by atoms with Gasteiger partial charge in [-0.25, -0.2) is 0 Å². The number of aliphatic hydroxyl groups is 1. The molecule has 0 saturated heterocycles. The fourth-order valence-electron chi connectivity index (χ4n) is 1.65. The molecular weight excluding hydrogens is 192 g/mol. The van der Waals surface area contributed by atoms with Crippen molar-refractivity contribution >= 4 is 5.91 Å². The topological polar surface area (TPSA) is 75.4 Å². The van der Waals surface area contributed by atoms with Crippen molar-refractivity contribution in [3.8, 4) is 0 Å². The quantitative estimate of drug-likeness (QED) is 0.614. The molecule has 4 N–H and O–H groups in total. The minimum atomic E-state index is -0.148. The smallest absolute Gasteiger partial charge is 0.221 e. The van der Waals surface area contributed by atoms with Gasteiger partial charge in [0, 0.05) is 19.0 Å². The molecule has 0 aromatic rings. The minimum Gasteiger partial charge on any atom is -0.393 e. The average Bonchev–Trinajstić information content (AvgIpc) is 2.10. The normalized spacial score (nSPS) is 27.3. The number of nitrogens with one attached hydrogen (secondary N) is 1. The zero-order valence-electron chi connectivity index (χ0n) is 9.57. The summed E-state index contributed by atoms with van der Waals surface area (Å²) in [6, 6.07) is -0.0584. The number of hydrogen-bond acceptors (Lipinski definition) is 3. The van der Waals surface area contributed by atoms with Gasteiger partial charge < -0.3 is 16.2 Å². The number of rotatable bonds is 5. The Kier molecular flexibility index (Phi) is 4.54. The zero-order valence-corrected chi connectivity index (χ0v) is 9.57. The van der Waals surface area contributed by atoms with Gasteiger partial charge in [0.05, 0.1) is 6.10 Å². The van der Waals surface area contributed by atoms with Gasteiger partial charge in [-0.05, 0) is 24.7 Å². The second-order valence-electron chi connectivity index (χ2n) is 4.91. The maximum Gasteiger partial charge on any atom is 0.221 e. The van der Waals surface area contributed by atoms with Crippen LogP contribution < -0.4 is 11.1 Å². The van der Waals surface area contributed by atoms with Crippen molar-refractivity contribution in [1.82, 2.24) is 5.32 Å². The average molecular weight is 214 g/mol. The van der Waals surface area contributed by atoms with Gasteiger partial charge in [-0.15, -0.1) is 0 Å². The minimum absolute atomic E-state index is 0.0255. The van der Waals surface area contributed by atoms with Gasteiger partial charge in [0.25, 0.3) is 0 Å². The van der Waals surface area contributed by atoms with E-state index in [0.717, 1.165) is 12.8 Å². The van der Waals surface area contributed by atoms with E-state index in [2.05, 4.69) is 5.32 Å². The molecule has 0 aromatic carbocycles. The lowest BCUT2D eigenvalue weighted by Gasteiger charge is -2.31. The zero-order chi connectivity index (χ0) is 11.4. The maximum atomic E-state index is 11.4. The molecule has 0 aliphatic heterocycles. The SMILES string of the molecule is CC(C)C(N)CC(=O)NCC1CC(O)C1. The van der Waals surface area contributed by atoms with E-state index in [-0.39, 0.29) is 18.1 Å². The summed E-state index contributed by atoms with van der Waals surface area (Å²) >= 11 is 0. The molecule has 0 radical (unpaired) electrons. The van der Waals surface area contributed by atoms with Crippen LogP contribution in [0.2, 0.25) is 0 Å². The molecule has 0 aromatic heterocycles. The fraction of sp³-hybridized carbons (Fsp3) is 0.909. The second-order valence-corrected chi connectivity index (χ2v) is 4.91. The highest BCUT2D eigenvalue weighted by Gasteiger charge is 2.27. The molecular formula is C11H22N2O2. The molecule has 1 amide bonds. The van der Waals surface area contributed by atoms with E-state index < -0.39 is 0 Å². The summed E-state index contributed by atoms with van der Waals surface area (Å²) in [6.07, 6.45) is 1.88. The highest BCUT2D eigenvalue weighted by Crippen LogP contribution is 2.26. The molecule has 1 atom stereocenters. The first-order chi connectivity index (χ1) is 6.99. The summed E-state index contributed by atoms with van der Waals surface area (Å²) < 4.78 is 0. The number of nitrogens with two attached hydrogens (primary N) is 1. The van der Waals surface area contributed by atoms with Crippen LogP contribution in [0.5, 0.6) is 0 Å². The van der Waals surface area contributed by atoms with Crippen LogP contribution in [0.3, 0.4) is 0 Å². The van der Waals surface area contributed by atoms with Crippen LogP contribution in [0.4, 0.5) is 0 Å². The molecule has 1 fully saturated rings. The van der Waals surface area contributed by atoms with Gasteiger partial charge in [-0.2, -0.15) is 0 Å². The Hall–Kier alpha value is -0.610. The summed E-state index contributed by atoms with van der Waals surface area (Å²) in [4.78, 5) is 11.4. The van der Waals surface area contributed by atoms with Gasteiger partial charge >= 0.3 is 0 Å². The van der Waals surface area contributed by atoms with Gasteiger partial charge in [0.15, 0.2) is 0 Å². The number of hydrogen-bond donors (Lipinski definition) is 3. The molecule has 0 spiro atoms. The van der Waals surface area contributed by atoms with Crippen LogP contribution in [0.25, 0.3) is 0 Å². The van der Waals surface area contributed by atoms with Crippen molar-refractivity contribution < 1.29 is 9.90 Å². The van der Waals surface area contributed by atoms with Crippen LogP contribution in [-0.2, 0) is 4.79 Å². The maximum absolute atomic E-state index is 11.4. The van der Waals surface area contributed by atoms with Crippen molar-refractivity contribution in [2.75, 3.05) is 6.54 Å². The summed E-state index contributed by atoms with van der Waals surface area (Å²) in [5.74, 6) is 0.818. The van der Waals surface area contributed by atoms with Crippen molar-refractivity contribution in [3.63, 3.8) is 0 Å². The molecule has 1 aliphatic carbocycles. The first-order valence-electron chi connectivity index (χ1n) is 5.69. The van der Waals surface area contributed by atoms with E-state index in [1.807, 2.05) is 13.8 Å². The molecule has 1 unspecified atom stereocenters. The molecule has 1 rings (SSSR count). The Morgan fingerprint density at radius 2 is 2.13 bits per heavy atom. The third kappa shape index (κ3) is 4.18. The van der Waals surface area contributed by atoms with Crippen molar-refractivity contribution in [3.05, 3.63) is 0 Å². The Morgan fingerprint density at radius 3 is 2.60 bits per heavy atom. The molecule has 1 aliphatic rings. The number of carbonyl (C=O) groups excluding carboxylic acids is 1. The Balaban J connectivity index is 2.08. The highest BCUT2D eigenvalue weighted by molar-refractivity contribution is 5.76. The molecule has 0 heterocycles. The van der Waals surface area contributed by atoms with E-state index in [1.54, 1.807) is 0 Å². The molecule has 88 valence electrons. The number of aliphatic hydroxyl groups excluding tert-OH is 1. The monoisotopic (exact) mass is 214 g/mol. The summed E-state index contributed by atoms with van der Waals surface area (Å²) in [5, 5.41) is 11.9. The predicted molar refractivity (Wildman–Crippen MR) is 59.2 cm³/mol. The van der Waals surface area contributed by atoms with E-state index in [1.165, 1.54) is 0 Å². The largest absolute Gasteiger partial charge is 0.393 e. The van der Waals surface area contributed by atoms with Crippen LogP contribution in [0.1, 0.15) is 33.1 Å². The third-order valence-corrected chi connectivity index (χ3v) is 3.08. The summed E-state index contributed by atoms with van der Waals surface area (Å²) in [5.41, 5.74) is 5.79. The molecule has 15 heavy (non-hydrogen) atoms. The van der Waals surface area contributed by atoms with Crippen LogP contribution in [-0.4, -0.2) is 29.7 Å². The lowest BCUT2D eigenvalue weighted by molar-refractivity contribution is -0.122. The third-order valence-electron chi connectivity index (χ3n) is 3.08. The highest BCUT2D eigenvalue weighted by atomic mass is 16.3. The lowest BCUT2D eigenvalue weighted by Crippen LogP contribution is -2.40. The van der Waals surface area contributed by atoms with E-state index in [4.69, 9.17) is 10.8 Å². The molecule has 4 heteroatoms. The molecule has 4 nitrogen and oxygen atoms in total. The molecule has 1 saturated carbocycles. The van der Waals surface area contributed by atoms with E-state index >= 15 is 0 Å². The van der Waals surface area contributed by atoms with Gasteiger partial charge in [0.2, 0.25) is 5.91 Å². The van der Waals surface area contributed by atoms with Crippen molar-refractivity contribution in [1.29, 1.82) is 0 Å². The number of carbonyl (C=O) groups is 1. The lowest BCUT2D eigenvalue weighted by atomic mass is 9.82. The summed E-state index contributed by atoms with van der Waals surface area (Å²) in [6.45, 7) is 4.71. The van der Waals surface area contributed by atoms with E-state index in [9.17, 15) is 4.79 Å². The van der Waals surface area contributed by atoms with Gasteiger partial charge in [0.1, 0.15) is 0 Å². The first-order valence-corrected chi connectivity index (χ1v) is 5.69. The second kappa shape index (κ2) is 5.47. The first kappa shape index (κ1) is 12.5. The van der Waals surface area contributed by atoms with Crippen LogP contribution in [0, 0.1) is 11.8 Å². The van der Waals surface area contributed by atoms with E-state index in [0.29, 0.717) is 24.8 Å². The van der Waals surface area contributed by atoms with Gasteiger partial charge in [-0.1, -0.05) is 13.8 Å². The Bertz CT molecular complexity index is 213. The fourth-order valence-corrected chi connectivity index (χ4v) is 1.65. The van der Waals surface area contributed by atoms with Crippen LogP contribution >= 0.6 is 0 Å². The predicted octanol–water partition coefficient (Wildman–Crippen LogP) is 0.247. The molecule has 0 bridgehead atoms. The Morgan fingerprint density at radius 1 is 1.53 bits per heavy atom. The standard InChI is InChI=1S/C11H22N2O2/c1-7(2)10(12)5-11(15)13-6-8-3-9(14)4-8/h7-10,14H,3-6,12H2,1-2H3,(H,13,15). The Labute approximate surface area is 91.2 Å². The van der Waals surface area contributed by atoms with Gasteiger partial charge in [-0.3, -0.25) is 4.79 Å².